The van der Waals surface area contributed by atoms with Gasteiger partial charge in [0.15, 0.2) is 0 Å². The summed E-state index contributed by atoms with van der Waals surface area (Å²) in [6.07, 6.45) is 3.28. The van der Waals surface area contributed by atoms with Crippen LogP contribution in [-0.4, -0.2) is 11.1 Å². The van der Waals surface area contributed by atoms with Crippen LogP contribution in [0.2, 0.25) is 0 Å². The molecule has 0 aliphatic carbocycles. The van der Waals surface area contributed by atoms with Crippen LogP contribution in [0.25, 0.3) is 0 Å². The van der Waals surface area contributed by atoms with Crippen LogP contribution in [0.3, 0.4) is 0 Å². The zero-order valence-electron chi connectivity index (χ0n) is 5.50. The van der Waals surface area contributed by atoms with Crippen molar-refractivity contribution in [2.75, 3.05) is 0 Å². The van der Waals surface area contributed by atoms with Gasteiger partial charge in [0, 0.05) is 26.8 Å². The number of rotatable bonds is 4. The quantitative estimate of drug-likeness (QED) is 0.580. The molecule has 9 heavy (non-hydrogen) atoms. The third-order valence-corrected chi connectivity index (χ3v) is 0.994. The van der Waals surface area contributed by atoms with E-state index in [1.54, 1.807) is 0 Å². The van der Waals surface area contributed by atoms with Crippen LogP contribution in [0.4, 0.5) is 0 Å². The predicted molar refractivity (Wildman–Crippen MR) is 31.8 cm³/mol. The van der Waals surface area contributed by atoms with Crippen LogP contribution in [0.5, 0.6) is 0 Å². The maximum atomic E-state index is 9.87. The van der Waals surface area contributed by atoms with E-state index in [9.17, 15) is 4.79 Å². The van der Waals surface area contributed by atoms with Crippen molar-refractivity contribution in [2.45, 2.75) is 32.6 Å². The fourth-order valence-electron chi connectivity index (χ4n) is 0.526. The van der Waals surface area contributed by atoms with Gasteiger partial charge in [-0.25, -0.2) is 0 Å². The molecule has 0 bridgehead atoms. The van der Waals surface area contributed by atoms with Crippen molar-refractivity contribution in [1.82, 2.24) is 0 Å². The number of hydrogen-bond acceptors (Lipinski definition) is 1. The van der Waals surface area contributed by atoms with E-state index in [2.05, 4.69) is 6.92 Å². The van der Waals surface area contributed by atoms with Crippen LogP contribution < -0.4 is 0 Å². The van der Waals surface area contributed by atoms with Crippen molar-refractivity contribution in [3.05, 3.63) is 0 Å². The number of carboxylic acid groups (broad SMARTS) is 1. The minimum atomic E-state index is -0.682. The summed E-state index contributed by atoms with van der Waals surface area (Å²) in [5, 5.41) is 8.14. The van der Waals surface area contributed by atoms with Gasteiger partial charge in [-0.2, -0.15) is 0 Å². The van der Waals surface area contributed by atoms with Crippen LogP contribution >= 0.6 is 0 Å². The summed E-state index contributed by atoms with van der Waals surface area (Å²) in [6.45, 7) is 2.06. The molecule has 0 fully saturated rings. The van der Waals surface area contributed by atoms with E-state index >= 15 is 0 Å². The molecule has 0 aromatic carbocycles. The summed E-state index contributed by atoms with van der Waals surface area (Å²) in [5.74, 6) is -0.682. The molecule has 2 nitrogen and oxygen atoms in total. The fraction of sp³-hybridized carbons (Fsp3) is 0.833. The van der Waals surface area contributed by atoms with Crippen molar-refractivity contribution in [3.63, 3.8) is 0 Å². The second-order valence-electron chi connectivity index (χ2n) is 1.85. The minimum absolute atomic E-state index is 0. The first kappa shape index (κ1) is 11.9. The SMILES string of the molecule is CCCCCC(=O)O.[Pd]. The fourth-order valence-corrected chi connectivity index (χ4v) is 0.526. The molecule has 0 unspecified atom stereocenters. The Labute approximate surface area is 69.3 Å². The Kier molecular flexibility index (Phi) is 10.7. The van der Waals surface area contributed by atoms with Crippen molar-refractivity contribution in [1.29, 1.82) is 0 Å². The summed E-state index contributed by atoms with van der Waals surface area (Å²) in [7, 11) is 0. The van der Waals surface area contributed by atoms with Crippen LogP contribution in [0.15, 0.2) is 0 Å². The molecule has 1 N–H and O–H groups in total. The zero-order valence-corrected chi connectivity index (χ0v) is 7.05. The Balaban J connectivity index is 0. The summed E-state index contributed by atoms with van der Waals surface area (Å²) < 4.78 is 0. The topological polar surface area (TPSA) is 37.3 Å². The Bertz CT molecular complexity index is 73.5. The zero-order chi connectivity index (χ0) is 6.41. The molecule has 0 aromatic heterocycles. The molecule has 0 aliphatic rings. The second kappa shape index (κ2) is 8.13. The number of hydrogen-bond donors (Lipinski definition) is 1. The van der Waals surface area contributed by atoms with Gasteiger partial charge in [-0.3, -0.25) is 4.79 Å². The van der Waals surface area contributed by atoms with Gasteiger partial charge in [0.1, 0.15) is 0 Å². The van der Waals surface area contributed by atoms with E-state index in [1.807, 2.05) is 0 Å². The monoisotopic (exact) mass is 222 g/mol. The van der Waals surface area contributed by atoms with Gasteiger partial charge in [-0.05, 0) is 6.42 Å². The molecule has 0 radical (unpaired) electrons. The van der Waals surface area contributed by atoms with E-state index < -0.39 is 5.97 Å². The first-order valence-corrected chi connectivity index (χ1v) is 2.99. The largest absolute Gasteiger partial charge is 0.481 e. The van der Waals surface area contributed by atoms with E-state index in [1.165, 1.54) is 0 Å². The third-order valence-electron chi connectivity index (χ3n) is 0.994. The Morgan fingerprint density at radius 3 is 2.33 bits per heavy atom. The van der Waals surface area contributed by atoms with Gasteiger partial charge >= 0.3 is 5.97 Å². The molecule has 0 spiro atoms. The third kappa shape index (κ3) is 11.6. The number of unbranched alkanes of at least 4 members (excludes halogenated alkanes) is 2. The molecular weight excluding hydrogens is 210 g/mol. The standard InChI is InChI=1S/C6H12O2.Pd/c1-2-3-4-5-6(7)8;/h2-5H2,1H3,(H,7,8);. The average molecular weight is 223 g/mol. The van der Waals surface area contributed by atoms with Gasteiger partial charge in [-0.15, -0.1) is 0 Å². The van der Waals surface area contributed by atoms with E-state index in [0.717, 1.165) is 19.3 Å². The van der Waals surface area contributed by atoms with Crippen molar-refractivity contribution in [3.8, 4) is 0 Å². The van der Waals surface area contributed by atoms with Crippen LogP contribution in [0.1, 0.15) is 32.6 Å². The van der Waals surface area contributed by atoms with E-state index in [4.69, 9.17) is 5.11 Å². The number of carbonyl (C=O) groups is 1. The second-order valence-corrected chi connectivity index (χ2v) is 1.85. The maximum absolute atomic E-state index is 9.87. The predicted octanol–water partition coefficient (Wildman–Crippen LogP) is 1.65. The maximum Gasteiger partial charge on any atom is 0.303 e. The molecule has 0 aromatic rings. The Morgan fingerprint density at radius 2 is 2.00 bits per heavy atom. The molecule has 0 amide bonds. The van der Waals surface area contributed by atoms with E-state index in [-0.39, 0.29) is 20.4 Å². The summed E-state index contributed by atoms with van der Waals surface area (Å²) in [6, 6.07) is 0. The molecule has 0 saturated heterocycles. The molecular formula is C6H12O2Pd. The Morgan fingerprint density at radius 1 is 1.44 bits per heavy atom. The van der Waals surface area contributed by atoms with Gasteiger partial charge in [-0.1, -0.05) is 19.8 Å². The smallest absolute Gasteiger partial charge is 0.303 e. The summed E-state index contributed by atoms with van der Waals surface area (Å²) >= 11 is 0. The normalized spacial score (nSPS) is 8.11. The van der Waals surface area contributed by atoms with Crippen molar-refractivity contribution in [2.24, 2.45) is 0 Å². The van der Waals surface area contributed by atoms with Gasteiger partial charge in [0.2, 0.25) is 0 Å². The van der Waals surface area contributed by atoms with Crippen molar-refractivity contribution < 1.29 is 30.3 Å². The first-order chi connectivity index (χ1) is 3.77. The summed E-state index contributed by atoms with van der Waals surface area (Å²) in [5.41, 5.74) is 0. The number of carboxylic acids is 1. The summed E-state index contributed by atoms with van der Waals surface area (Å²) in [4.78, 5) is 9.87. The van der Waals surface area contributed by atoms with Gasteiger partial charge in [0.25, 0.3) is 0 Å². The van der Waals surface area contributed by atoms with Crippen molar-refractivity contribution >= 4 is 5.97 Å². The molecule has 0 rings (SSSR count). The molecule has 0 atom stereocenters. The average Bonchev–Trinajstić information content (AvgIpc) is 1.66. The van der Waals surface area contributed by atoms with Crippen LogP contribution in [-0.2, 0) is 25.2 Å². The minimum Gasteiger partial charge on any atom is -0.481 e. The molecule has 58 valence electrons. The molecule has 0 saturated carbocycles. The molecule has 0 heterocycles. The Hall–Kier alpha value is 0.132. The van der Waals surface area contributed by atoms with Gasteiger partial charge < -0.3 is 5.11 Å². The first-order valence-electron chi connectivity index (χ1n) is 2.99. The molecule has 0 aliphatic heterocycles. The van der Waals surface area contributed by atoms with E-state index in [0.29, 0.717) is 6.42 Å². The number of aliphatic carboxylic acids is 1. The molecule has 3 heteroatoms. The van der Waals surface area contributed by atoms with Crippen LogP contribution in [0, 0.1) is 0 Å². The van der Waals surface area contributed by atoms with Gasteiger partial charge in [0.05, 0.1) is 0 Å².